The standard InChI is InChI=1S/C23H28N8/c1-3-24-23(26-16-22-28-27-21-13-7-8-15-30(21)22)25-14-9-10-19-17-31(29-18(19)2)20-11-5-4-6-12-20/h4-8,11-13,15,17H,3,9-10,14,16H2,1-2H3,(H2,24,25,26). The van der Waals surface area contributed by atoms with Gasteiger partial charge in [0.2, 0.25) is 0 Å². The van der Waals surface area contributed by atoms with Crippen LogP contribution >= 0.6 is 0 Å². The van der Waals surface area contributed by atoms with Crippen LogP contribution in [0.25, 0.3) is 11.3 Å². The number of nitrogens with zero attached hydrogens (tertiary/aromatic N) is 6. The summed E-state index contributed by atoms with van der Waals surface area (Å²) in [6.45, 7) is 6.21. The third kappa shape index (κ3) is 5.09. The molecule has 0 fully saturated rings. The summed E-state index contributed by atoms with van der Waals surface area (Å²) in [6, 6.07) is 16.1. The van der Waals surface area contributed by atoms with Gasteiger partial charge in [-0.3, -0.25) is 4.40 Å². The van der Waals surface area contributed by atoms with E-state index >= 15 is 0 Å². The molecule has 0 saturated heterocycles. The van der Waals surface area contributed by atoms with Crippen LogP contribution in [0, 0.1) is 6.92 Å². The third-order valence-electron chi connectivity index (χ3n) is 5.04. The predicted molar refractivity (Wildman–Crippen MR) is 122 cm³/mol. The maximum absolute atomic E-state index is 4.67. The molecule has 0 aliphatic rings. The van der Waals surface area contributed by atoms with Crippen molar-refractivity contribution < 1.29 is 0 Å². The van der Waals surface area contributed by atoms with Crippen molar-refractivity contribution in [3.05, 3.63) is 78.0 Å². The second-order valence-corrected chi connectivity index (χ2v) is 7.29. The zero-order valence-corrected chi connectivity index (χ0v) is 18.0. The zero-order valence-electron chi connectivity index (χ0n) is 18.0. The van der Waals surface area contributed by atoms with Gasteiger partial charge in [-0.2, -0.15) is 5.10 Å². The van der Waals surface area contributed by atoms with Crippen molar-refractivity contribution in [3.63, 3.8) is 0 Å². The molecule has 8 nitrogen and oxygen atoms in total. The van der Waals surface area contributed by atoms with Gasteiger partial charge in [-0.25, -0.2) is 9.67 Å². The van der Waals surface area contributed by atoms with Crippen LogP contribution in [-0.2, 0) is 13.0 Å². The third-order valence-corrected chi connectivity index (χ3v) is 5.04. The van der Waals surface area contributed by atoms with E-state index in [1.165, 1.54) is 5.56 Å². The number of aromatic nitrogens is 5. The maximum Gasteiger partial charge on any atom is 0.191 e. The molecular formula is C23H28N8. The largest absolute Gasteiger partial charge is 0.357 e. The highest BCUT2D eigenvalue weighted by Gasteiger charge is 2.07. The van der Waals surface area contributed by atoms with E-state index in [1.54, 1.807) is 0 Å². The Kier molecular flexibility index (Phi) is 6.56. The molecule has 0 aliphatic heterocycles. The summed E-state index contributed by atoms with van der Waals surface area (Å²) in [5, 5.41) is 19.8. The lowest BCUT2D eigenvalue weighted by molar-refractivity contribution is 0.738. The first-order chi connectivity index (χ1) is 15.2. The average molecular weight is 417 g/mol. The van der Waals surface area contributed by atoms with Crippen molar-refractivity contribution in [2.75, 3.05) is 13.1 Å². The Hall–Kier alpha value is -3.68. The van der Waals surface area contributed by atoms with Gasteiger partial charge in [0.15, 0.2) is 17.4 Å². The van der Waals surface area contributed by atoms with Gasteiger partial charge < -0.3 is 10.6 Å². The second kappa shape index (κ2) is 9.88. The van der Waals surface area contributed by atoms with Crippen LogP contribution in [0.5, 0.6) is 0 Å². The van der Waals surface area contributed by atoms with E-state index in [1.807, 2.05) is 51.7 Å². The fourth-order valence-electron chi connectivity index (χ4n) is 3.43. The van der Waals surface area contributed by atoms with Crippen LogP contribution in [0.15, 0.2) is 65.9 Å². The van der Waals surface area contributed by atoms with Crippen molar-refractivity contribution in [2.24, 2.45) is 4.99 Å². The number of pyridine rings is 1. The van der Waals surface area contributed by atoms with Crippen LogP contribution in [0.4, 0.5) is 0 Å². The monoisotopic (exact) mass is 416 g/mol. The molecule has 1 aromatic carbocycles. The Balaban J connectivity index is 1.32. The molecular weight excluding hydrogens is 388 g/mol. The fraction of sp³-hybridized carbons (Fsp3) is 0.304. The number of para-hydroxylation sites is 1. The van der Waals surface area contributed by atoms with E-state index in [-0.39, 0.29) is 0 Å². The normalized spacial score (nSPS) is 11.7. The lowest BCUT2D eigenvalue weighted by Crippen LogP contribution is -2.37. The quantitative estimate of drug-likeness (QED) is 0.262. The molecule has 0 spiro atoms. The maximum atomic E-state index is 4.67. The fourth-order valence-corrected chi connectivity index (χ4v) is 3.43. The van der Waals surface area contributed by atoms with E-state index in [4.69, 9.17) is 0 Å². The summed E-state index contributed by atoms with van der Waals surface area (Å²) in [4.78, 5) is 4.67. The Morgan fingerprint density at radius 1 is 1.03 bits per heavy atom. The number of fused-ring (bicyclic) bond motifs is 1. The molecule has 0 unspecified atom stereocenters. The van der Waals surface area contributed by atoms with Crippen LogP contribution in [0.1, 0.15) is 30.4 Å². The number of hydrogen-bond acceptors (Lipinski definition) is 4. The lowest BCUT2D eigenvalue weighted by atomic mass is 10.1. The molecule has 3 aromatic heterocycles. The van der Waals surface area contributed by atoms with Crippen molar-refractivity contribution in [3.8, 4) is 5.69 Å². The number of guanidine groups is 1. The van der Waals surface area contributed by atoms with Crippen molar-refractivity contribution >= 4 is 11.6 Å². The first-order valence-corrected chi connectivity index (χ1v) is 10.7. The molecule has 3 heterocycles. The molecule has 4 aromatic rings. The van der Waals surface area contributed by atoms with Crippen molar-refractivity contribution in [1.29, 1.82) is 0 Å². The smallest absolute Gasteiger partial charge is 0.191 e. The first kappa shape index (κ1) is 20.6. The number of aryl methyl sites for hydroxylation is 2. The van der Waals surface area contributed by atoms with Gasteiger partial charge in [0.1, 0.15) is 6.54 Å². The Morgan fingerprint density at radius 3 is 2.71 bits per heavy atom. The molecule has 8 heteroatoms. The second-order valence-electron chi connectivity index (χ2n) is 7.29. The number of aliphatic imine (C=N–C) groups is 1. The Bertz CT molecular complexity index is 1140. The SMILES string of the molecule is CCNC(=NCc1nnc2ccccn12)NCCCc1cn(-c2ccccc2)nc1C. The zero-order chi connectivity index (χ0) is 21.5. The van der Waals surface area contributed by atoms with Crippen LogP contribution in [0.2, 0.25) is 0 Å². The minimum absolute atomic E-state index is 0.462. The average Bonchev–Trinajstić information content (AvgIpc) is 3.39. The Morgan fingerprint density at radius 2 is 1.87 bits per heavy atom. The van der Waals surface area contributed by atoms with E-state index in [0.29, 0.717) is 6.54 Å². The molecule has 2 N–H and O–H groups in total. The molecule has 4 rings (SSSR count). The minimum Gasteiger partial charge on any atom is -0.357 e. The van der Waals surface area contributed by atoms with E-state index in [2.05, 4.69) is 63.1 Å². The highest BCUT2D eigenvalue weighted by molar-refractivity contribution is 5.79. The minimum atomic E-state index is 0.462. The van der Waals surface area contributed by atoms with Gasteiger partial charge in [-0.15, -0.1) is 10.2 Å². The van der Waals surface area contributed by atoms with E-state index in [0.717, 1.165) is 54.7 Å². The summed E-state index contributed by atoms with van der Waals surface area (Å²) in [5.41, 5.74) is 4.25. The van der Waals surface area contributed by atoms with Crippen LogP contribution < -0.4 is 10.6 Å². The lowest BCUT2D eigenvalue weighted by Gasteiger charge is -2.10. The van der Waals surface area contributed by atoms with Gasteiger partial charge in [0.25, 0.3) is 0 Å². The van der Waals surface area contributed by atoms with Crippen LogP contribution in [0.3, 0.4) is 0 Å². The summed E-state index contributed by atoms with van der Waals surface area (Å²) < 4.78 is 3.91. The predicted octanol–water partition coefficient (Wildman–Crippen LogP) is 2.91. The number of nitrogens with one attached hydrogen (secondary N) is 2. The number of rotatable bonds is 8. The molecule has 0 atom stereocenters. The van der Waals surface area contributed by atoms with Gasteiger partial charge in [0, 0.05) is 25.5 Å². The highest BCUT2D eigenvalue weighted by Crippen LogP contribution is 2.13. The van der Waals surface area contributed by atoms with E-state index < -0.39 is 0 Å². The van der Waals surface area contributed by atoms with Gasteiger partial charge in [0.05, 0.1) is 11.4 Å². The van der Waals surface area contributed by atoms with Gasteiger partial charge in [-0.1, -0.05) is 24.3 Å². The first-order valence-electron chi connectivity index (χ1n) is 10.7. The Labute approximate surface area is 182 Å². The summed E-state index contributed by atoms with van der Waals surface area (Å²) >= 11 is 0. The molecule has 0 bridgehead atoms. The molecule has 0 amide bonds. The van der Waals surface area contributed by atoms with Crippen LogP contribution in [-0.4, -0.2) is 43.4 Å². The number of hydrogen-bond donors (Lipinski definition) is 2. The summed E-state index contributed by atoms with van der Waals surface area (Å²) in [6.07, 6.45) is 6.03. The van der Waals surface area contributed by atoms with Crippen molar-refractivity contribution in [2.45, 2.75) is 33.2 Å². The summed E-state index contributed by atoms with van der Waals surface area (Å²) in [7, 11) is 0. The topological polar surface area (TPSA) is 84.4 Å². The van der Waals surface area contributed by atoms with Gasteiger partial charge in [-0.05, 0) is 56.5 Å². The van der Waals surface area contributed by atoms with Gasteiger partial charge >= 0.3 is 0 Å². The molecule has 160 valence electrons. The molecule has 0 radical (unpaired) electrons. The summed E-state index contributed by atoms with van der Waals surface area (Å²) in [5.74, 6) is 1.60. The molecule has 31 heavy (non-hydrogen) atoms. The van der Waals surface area contributed by atoms with Crippen molar-refractivity contribution in [1.82, 2.24) is 35.0 Å². The van der Waals surface area contributed by atoms with E-state index in [9.17, 15) is 0 Å². The highest BCUT2D eigenvalue weighted by atomic mass is 15.3. The molecule has 0 saturated carbocycles. The number of benzene rings is 1. The molecule has 0 aliphatic carbocycles.